The van der Waals surface area contributed by atoms with Crippen molar-refractivity contribution in [3.8, 4) is 11.5 Å². The minimum Gasteiger partial charge on any atom is -0.493 e. The second-order valence-electron chi connectivity index (χ2n) is 14.6. The van der Waals surface area contributed by atoms with Gasteiger partial charge >= 0.3 is 0 Å². The molecule has 3 aromatic rings. The van der Waals surface area contributed by atoms with Crippen molar-refractivity contribution in [1.29, 1.82) is 0 Å². The fourth-order valence-corrected chi connectivity index (χ4v) is 8.44. The lowest BCUT2D eigenvalue weighted by Crippen LogP contribution is -2.45. The van der Waals surface area contributed by atoms with Crippen LogP contribution in [-0.4, -0.2) is 43.8 Å². The molecule has 0 radical (unpaired) electrons. The average molecular weight is 734 g/mol. The lowest BCUT2D eigenvalue weighted by Gasteiger charge is -2.49. The molecule has 0 aromatic heterocycles. The Morgan fingerprint density at radius 1 is 0.870 bits per heavy atom. The van der Waals surface area contributed by atoms with Gasteiger partial charge in [0, 0.05) is 60.5 Å². The highest BCUT2D eigenvalue weighted by molar-refractivity contribution is 14.1. The minimum absolute atomic E-state index is 0.114. The third-order valence-electron chi connectivity index (χ3n) is 9.76. The summed E-state index contributed by atoms with van der Waals surface area (Å²) in [6.45, 7) is 12.3. The highest BCUT2D eigenvalue weighted by Gasteiger charge is 2.49. The lowest BCUT2D eigenvalue weighted by molar-refractivity contribution is -0.119. The van der Waals surface area contributed by atoms with E-state index < -0.39 is 5.92 Å². The van der Waals surface area contributed by atoms with Gasteiger partial charge in [-0.25, -0.2) is 0 Å². The quantitative estimate of drug-likeness (QED) is 0.216. The normalized spacial score (nSPS) is 19.4. The van der Waals surface area contributed by atoms with Crippen LogP contribution < -0.4 is 9.47 Å². The molecule has 2 aliphatic carbocycles. The van der Waals surface area contributed by atoms with E-state index in [4.69, 9.17) is 14.2 Å². The second-order valence-corrected chi connectivity index (χ2v) is 15.7. The highest BCUT2D eigenvalue weighted by Crippen LogP contribution is 2.55. The Labute approximate surface area is 286 Å². The SMILES string of the molecule is COCCN1C2=C(C(=O)CC(C)(C)C2)C(c2cc(I)c(OCc3c(C)ccc4ccccc34)c(OC)c2)C2=C1CC(C)(C)CC2=O. The molecule has 1 heterocycles. The van der Waals surface area contributed by atoms with Gasteiger partial charge in [-0.05, 0) is 87.2 Å². The number of Topliss-reactive ketones (excluding diaryl/α,β-unsaturated/α-hetero) is 2. The van der Waals surface area contributed by atoms with Crippen LogP contribution in [0, 0.1) is 21.3 Å². The molecule has 7 heteroatoms. The Balaban J connectivity index is 1.47. The van der Waals surface area contributed by atoms with E-state index in [2.05, 4.69) is 98.5 Å². The summed E-state index contributed by atoms with van der Waals surface area (Å²) in [6, 6.07) is 16.7. The maximum absolute atomic E-state index is 14.2. The average Bonchev–Trinajstić information content (AvgIpc) is 2.98. The van der Waals surface area contributed by atoms with Crippen molar-refractivity contribution in [2.24, 2.45) is 10.8 Å². The van der Waals surface area contributed by atoms with Gasteiger partial charge < -0.3 is 19.1 Å². The van der Waals surface area contributed by atoms with Crippen molar-refractivity contribution in [3.63, 3.8) is 0 Å². The van der Waals surface area contributed by atoms with Crippen LogP contribution in [0.4, 0.5) is 0 Å². The number of hydrogen-bond acceptors (Lipinski definition) is 6. The van der Waals surface area contributed by atoms with Gasteiger partial charge in [-0.15, -0.1) is 0 Å². The standard InChI is InChI=1S/C39H44INO5/c1-23-12-13-24-10-8-9-11-26(24)27(23)22-46-37-28(40)16-25(17-33(37)45-7)34-35-29(18-38(2,3)20-31(35)42)41(14-15-44-6)30-19-39(4,5)21-32(43)36(30)34/h8-13,16-17,34H,14-15,18-22H2,1-7H3. The first-order valence-electron chi connectivity index (χ1n) is 16.1. The monoisotopic (exact) mass is 733 g/mol. The van der Waals surface area contributed by atoms with Gasteiger partial charge in [0.2, 0.25) is 0 Å². The van der Waals surface area contributed by atoms with Gasteiger partial charge in [-0.3, -0.25) is 9.59 Å². The first-order chi connectivity index (χ1) is 21.8. The number of carbonyl (C=O) groups is 2. The summed E-state index contributed by atoms with van der Waals surface area (Å²) in [5.41, 5.74) is 6.41. The molecule has 0 saturated heterocycles. The number of ketones is 2. The van der Waals surface area contributed by atoms with Crippen LogP contribution in [0.2, 0.25) is 0 Å². The Hall–Kier alpha value is -3.17. The van der Waals surface area contributed by atoms with Crippen LogP contribution in [0.15, 0.2) is 71.1 Å². The van der Waals surface area contributed by atoms with Crippen LogP contribution in [0.5, 0.6) is 11.5 Å². The van der Waals surface area contributed by atoms with Crippen molar-refractivity contribution in [1.82, 2.24) is 4.90 Å². The second kappa shape index (κ2) is 12.5. The molecule has 0 spiro atoms. The number of methoxy groups -OCH3 is 2. The smallest absolute Gasteiger partial charge is 0.174 e. The van der Waals surface area contributed by atoms with E-state index in [0.717, 1.165) is 50.1 Å². The van der Waals surface area contributed by atoms with Crippen LogP contribution in [0.25, 0.3) is 10.8 Å². The van der Waals surface area contributed by atoms with E-state index in [-0.39, 0.29) is 22.4 Å². The van der Waals surface area contributed by atoms with Crippen molar-refractivity contribution in [2.45, 2.75) is 72.8 Å². The molecular weight excluding hydrogens is 689 g/mol. The number of fused-ring (bicyclic) bond motifs is 1. The number of carbonyl (C=O) groups excluding carboxylic acids is 2. The van der Waals surface area contributed by atoms with Crippen LogP contribution in [0.1, 0.15) is 76.0 Å². The lowest BCUT2D eigenvalue weighted by atomic mass is 9.63. The van der Waals surface area contributed by atoms with Crippen molar-refractivity contribution in [3.05, 3.63) is 91.3 Å². The molecule has 242 valence electrons. The van der Waals surface area contributed by atoms with Gasteiger partial charge in [-0.2, -0.15) is 0 Å². The van der Waals surface area contributed by atoms with E-state index in [1.54, 1.807) is 14.2 Å². The van der Waals surface area contributed by atoms with Gasteiger partial charge in [-0.1, -0.05) is 64.1 Å². The third-order valence-corrected chi connectivity index (χ3v) is 10.6. The number of nitrogens with zero attached hydrogens (tertiary/aromatic N) is 1. The molecule has 0 bridgehead atoms. The molecular formula is C39H44INO5. The first kappa shape index (κ1) is 32.8. The summed E-state index contributed by atoms with van der Waals surface area (Å²) in [4.78, 5) is 30.6. The largest absolute Gasteiger partial charge is 0.493 e. The zero-order valence-electron chi connectivity index (χ0n) is 28.0. The number of halogens is 1. The molecule has 3 aliphatic rings. The molecule has 0 saturated carbocycles. The molecule has 0 amide bonds. The van der Waals surface area contributed by atoms with Gasteiger partial charge in [0.05, 0.1) is 17.3 Å². The number of hydrogen-bond donors (Lipinski definition) is 0. The Bertz CT molecular complexity index is 1750. The Morgan fingerprint density at radius 3 is 2.11 bits per heavy atom. The van der Waals surface area contributed by atoms with Crippen molar-refractivity contribution < 1.29 is 23.8 Å². The van der Waals surface area contributed by atoms with E-state index in [0.29, 0.717) is 44.1 Å². The zero-order valence-corrected chi connectivity index (χ0v) is 30.2. The van der Waals surface area contributed by atoms with Crippen LogP contribution >= 0.6 is 22.6 Å². The number of ether oxygens (including phenoxy) is 3. The Kier molecular flexibility index (Phi) is 8.87. The fraction of sp³-hybridized carbons (Fsp3) is 0.436. The van der Waals surface area contributed by atoms with E-state index in [1.165, 1.54) is 16.3 Å². The summed E-state index contributed by atoms with van der Waals surface area (Å²) in [5, 5.41) is 2.35. The number of rotatable bonds is 8. The number of aryl methyl sites for hydroxylation is 1. The number of allylic oxidation sites excluding steroid dienone is 4. The third kappa shape index (κ3) is 6.01. The molecule has 6 rings (SSSR count). The van der Waals surface area contributed by atoms with Gasteiger partial charge in [0.25, 0.3) is 0 Å². The predicted octanol–water partition coefficient (Wildman–Crippen LogP) is 8.67. The molecule has 0 atom stereocenters. The van der Waals surface area contributed by atoms with Gasteiger partial charge in [0.15, 0.2) is 23.1 Å². The summed E-state index contributed by atoms with van der Waals surface area (Å²) in [5.74, 6) is 1.03. The van der Waals surface area contributed by atoms with E-state index in [1.807, 2.05) is 12.1 Å². The van der Waals surface area contributed by atoms with Crippen LogP contribution in [-0.2, 0) is 20.9 Å². The molecule has 0 N–H and O–H groups in total. The van der Waals surface area contributed by atoms with Crippen molar-refractivity contribution in [2.75, 3.05) is 27.4 Å². The Morgan fingerprint density at radius 2 is 1.50 bits per heavy atom. The highest BCUT2D eigenvalue weighted by atomic mass is 127. The van der Waals surface area contributed by atoms with Crippen molar-refractivity contribution >= 4 is 44.9 Å². The predicted molar refractivity (Wildman–Crippen MR) is 190 cm³/mol. The van der Waals surface area contributed by atoms with Crippen LogP contribution in [0.3, 0.4) is 0 Å². The maximum atomic E-state index is 14.2. The maximum Gasteiger partial charge on any atom is 0.174 e. The van der Waals surface area contributed by atoms with E-state index >= 15 is 0 Å². The summed E-state index contributed by atoms with van der Waals surface area (Å²) >= 11 is 2.31. The molecule has 46 heavy (non-hydrogen) atoms. The summed E-state index contributed by atoms with van der Waals surface area (Å²) in [6.07, 6.45) is 2.42. The number of benzene rings is 3. The topological polar surface area (TPSA) is 65.1 Å². The molecule has 3 aromatic carbocycles. The summed E-state index contributed by atoms with van der Waals surface area (Å²) < 4.78 is 18.9. The molecule has 0 unspecified atom stereocenters. The molecule has 6 nitrogen and oxygen atoms in total. The first-order valence-corrected chi connectivity index (χ1v) is 17.2. The molecule has 1 aliphatic heterocycles. The minimum atomic E-state index is -0.451. The fourth-order valence-electron chi connectivity index (χ4n) is 7.66. The summed E-state index contributed by atoms with van der Waals surface area (Å²) in [7, 11) is 3.35. The van der Waals surface area contributed by atoms with Gasteiger partial charge in [0.1, 0.15) is 6.61 Å². The van der Waals surface area contributed by atoms with E-state index in [9.17, 15) is 9.59 Å². The molecule has 0 fully saturated rings. The zero-order chi connectivity index (χ0) is 33.0.